The van der Waals surface area contributed by atoms with Gasteiger partial charge in [0, 0.05) is 5.69 Å². The van der Waals surface area contributed by atoms with Crippen molar-refractivity contribution in [3.05, 3.63) is 15.4 Å². The molecular weight excluding hydrogens is 316 g/mol. The van der Waals surface area contributed by atoms with E-state index in [-0.39, 0.29) is 22.7 Å². The van der Waals surface area contributed by atoms with Gasteiger partial charge in [-0.2, -0.15) is 4.72 Å². The van der Waals surface area contributed by atoms with Crippen LogP contribution in [0, 0.1) is 12.8 Å². The number of thiazole rings is 1. The van der Waals surface area contributed by atoms with Gasteiger partial charge in [-0.05, 0) is 38.5 Å². The van der Waals surface area contributed by atoms with Crippen molar-refractivity contribution in [3.8, 4) is 0 Å². The number of hydrogen-bond acceptors (Lipinski definition) is 5. The number of carboxylic acids is 1. The molecule has 0 bridgehead atoms. The average Bonchev–Trinajstić information content (AvgIpc) is 2.72. The van der Waals surface area contributed by atoms with Gasteiger partial charge in [-0.25, -0.2) is 8.42 Å². The molecule has 2 rings (SSSR count). The van der Waals surface area contributed by atoms with Crippen LogP contribution in [0.5, 0.6) is 0 Å². The molecule has 0 spiro atoms. The molecule has 1 fully saturated rings. The maximum absolute atomic E-state index is 12.4. The molecule has 1 aromatic rings. The van der Waals surface area contributed by atoms with E-state index in [4.69, 9.17) is 0 Å². The molecule has 1 aliphatic rings. The van der Waals surface area contributed by atoms with E-state index >= 15 is 0 Å². The molecule has 7 nitrogen and oxygen atoms in total. The standard InChI is InChI=1S/C12H18N2O5S2/c1-7-3-5-12(6-4-7,10(15)16)14-21(18,19)9-8(2)13-11(17)20-9/h7,14H,3-6H2,1-2H3,(H,13,17)(H,15,16). The molecule has 0 aromatic carbocycles. The summed E-state index contributed by atoms with van der Waals surface area (Å²) in [4.78, 5) is 24.8. The van der Waals surface area contributed by atoms with Gasteiger partial charge in [0.05, 0.1) is 0 Å². The molecule has 0 saturated heterocycles. The van der Waals surface area contributed by atoms with E-state index in [1.54, 1.807) is 0 Å². The first kappa shape index (κ1) is 16.2. The zero-order chi connectivity index (χ0) is 15.8. The lowest BCUT2D eigenvalue weighted by Gasteiger charge is -2.35. The van der Waals surface area contributed by atoms with Crippen LogP contribution in [0.2, 0.25) is 0 Å². The Kier molecular flexibility index (Phi) is 4.27. The van der Waals surface area contributed by atoms with Crippen molar-refractivity contribution in [3.63, 3.8) is 0 Å². The van der Waals surface area contributed by atoms with Crippen molar-refractivity contribution in [2.75, 3.05) is 0 Å². The van der Waals surface area contributed by atoms with E-state index in [0.29, 0.717) is 30.1 Å². The number of aromatic amines is 1. The van der Waals surface area contributed by atoms with Crippen molar-refractivity contribution in [1.29, 1.82) is 0 Å². The number of sulfonamides is 1. The number of hydrogen-bond donors (Lipinski definition) is 3. The lowest BCUT2D eigenvalue weighted by molar-refractivity contribution is -0.145. The highest BCUT2D eigenvalue weighted by molar-refractivity contribution is 7.91. The molecule has 1 aliphatic carbocycles. The molecule has 21 heavy (non-hydrogen) atoms. The van der Waals surface area contributed by atoms with Crippen molar-refractivity contribution in [2.45, 2.75) is 49.3 Å². The summed E-state index contributed by atoms with van der Waals surface area (Å²) < 4.78 is 27.0. The highest BCUT2D eigenvalue weighted by Crippen LogP contribution is 2.34. The fourth-order valence-electron chi connectivity index (χ4n) is 2.56. The van der Waals surface area contributed by atoms with Gasteiger partial charge in [0.15, 0.2) is 4.21 Å². The van der Waals surface area contributed by atoms with E-state index in [1.807, 2.05) is 6.92 Å². The van der Waals surface area contributed by atoms with Gasteiger partial charge in [-0.15, -0.1) is 0 Å². The van der Waals surface area contributed by atoms with Crippen molar-refractivity contribution in [2.24, 2.45) is 5.92 Å². The maximum atomic E-state index is 12.4. The van der Waals surface area contributed by atoms with Crippen LogP contribution in [-0.4, -0.2) is 30.0 Å². The van der Waals surface area contributed by atoms with Gasteiger partial charge in [0.1, 0.15) is 5.54 Å². The number of aromatic nitrogens is 1. The van der Waals surface area contributed by atoms with Crippen molar-refractivity contribution < 1.29 is 18.3 Å². The van der Waals surface area contributed by atoms with E-state index in [1.165, 1.54) is 6.92 Å². The van der Waals surface area contributed by atoms with Crippen molar-refractivity contribution >= 4 is 27.3 Å². The van der Waals surface area contributed by atoms with E-state index in [9.17, 15) is 23.1 Å². The number of H-pyrrole nitrogens is 1. The second kappa shape index (κ2) is 5.54. The lowest BCUT2D eigenvalue weighted by Crippen LogP contribution is -2.56. The van der Waals surface area contributed by atoms with Gasteiger partial charge >= 0.3 is 10.8 Å². The predicted molar refractivity (Wildman–Crippen MR) is 78.0 cm³/mol. The predicted octanol–water partition coefficient (Wildman–Crippen LogP) is 1.06. The van der Waals surface area contributed by atoms with E-state index < -0.39 is 26.4 Å². The molecule has 1 saturated carbocycles. The minimum absolute atomic E-state index is 0.147. The summed E-state index contributed by atoms with van der Waals surface area (Å²) in [7, 11) is -4.03. The number of carboxylic acid groups (broad SMARTS) is 1. The fraction of sp³-hybridized carbons (Fsp3) is 0.667. The Hall–Kier alpha value is -1.19. The first-order valence-corrected chi connectivity index (χ1v) is 8.93. The summed E-state index contributed by atoms with van der Waals surface area (Å²) in [5.74, 6) is -0.787. The monoisotopic (exact) mass is 334 g/mol. The third-order valence-electron chi connectivity index (χ3n) is 3.89. The summed E-state index contributed by atoms with van der Waals surface area (Å²) in [6.07, 6.45) is 1.80. The van der Waals surface area contributed by atoms with Gasteiger partial charge in [0.2, 0.25) is 0 Å². The fourth-order valence-corrected chi connectivity index (χ4v) is 5.29. The molecule has 0 amide bonds. The molecule has 9 heteroatoms. The number of aryl methyl sites for hydroxylation is 1. The van der Waals surface area contributed by atoms with Crippen LogP contribution in [0.25, 0.3) is 0 Å². The quantitative estimate of drug-likeness (QED) is 0.761. The minimum Gasteiger partial charge on any atom is -0.480 e. The van der Waals surface area contributed by atoms with Gasteiger partial charge in [-0.1, -0.05) is 18.3 Å². The third kappa shape index (κ3) is 3.19. The molecule has 0 atom stereocenters. The van der Waals surface area contributed by atoms with Gasteiger partial charge in [-0.3, -0.25) is 9.59 Å². The molecule has 1 heterocycles. The minimum atomic E-state index is -4.03. The molecular formula is C12H18N2O5S2. The van der Waals surface area contributed by atoms with Crippen LogP contribution in [-0.2, 0) is 14.8 Å². The highest BCUT2D eigenvalue weighted by atomic mass is 32.2. The molecule has 3 N–H and O–H groups in total. The van der Waals surface area contributed by atoms with Crippen LogP contribution in [0.1, 0.15) is 38.3 Å². The zero-order valence-corrected chi connectivity index (χ0v) is 13.4. The summed E-state index contributed by atoms with van der Waals surface area (Å²) in [5.41, 5.74) is -1.26. The SMILES string of the molecule is Cc1[nH]c(=O)sc1S(=O)(=O)NC1(C(=O)O)CCC(C)CC1. The van der Waals surface area contributed by atoms with Crippen LogP contribution < -0.4 is 9.60 Å². The van der Waals surface area contributed by atoms with E-state index in [0.717, 1.165) is 0 Å². The van der Waals surface area contributed by atoms with Crippen molar-refractivity contribution in [1.82, 2.24) is 9.71 Å². The summed E-state index contributed by atoms with van der Waals surface area (Å²) >= 11 is 0.566. The maximum Gasteiger partial charge on any atom is 0.324 e. The van der Waals surface area contributed by atoms with Crippen LogP contribution in [0.3, 0.4) is 0 Å². The zero-order valence-electron chi connectivity index (χ0n) is 11.8. The second-order valence-electron chi connectivity index (χ2n) is 5.60. The van der Waals surface area contributed by atoms with Gasteiger partial charge < -0.3 is 10.1 Å². The van der Waals surface area contributed by atoms with Crippen LogP contribution >= 0.6 is 11.3 Å². The Bertz CT molecular complexity index is 695. The largest absolute Gasteiger partial charge is 0.480 e. The first-order valence-electron chi connectivity index (χ1n) is 6.63. The van der Waals surface area contributed by atoms with Crippen LogP contribution in [0.15, 0.2) is 9.00 Å². The summed E-state index contributed by atoms with van der Waals surface area (Å²) in [6, 6.07) is 0. The Morgan fingerprint density at radius 3 is 2.43 bits per heavy atom. The second-order valence-corrected chi connectivity index (χ2v) is 8.46. The highest BCUT2D eigenvalue weighted by Gasteiger charge is 2.45. The Labute approximate surface area is 126 Å². The number of aliphatic carboxylic acids is 1. The lowest BCUT2D eigenvalue weighted by atomic mass is 9.78. The smallest absolute Gasteiger partial charge is 0.324 e. The average molecular weight is 334 g/mol. The Morgan fingerprint density at radius 1 is 1.43 bits per heavy atom. The Balaban J connectivity index is 2.35. The molecule has 1 aromatic heterocycles. The summed E-state index contributed by atoms with van der Waals surface area (Å²) in [6.45, 7) is 3.49. The van der Waals surface area contributed by atoms with E-state index in [2.05, 4.69) is 9.71 Å². The summed E-state index contributed by atoms with van der Waals surface area (Å²) in [5, 5.41) is 9.47. The molecule has 118 valence electrons. The normalized spacial score (nSPS) is 26.7. The Morgan fingerprint density at radius 2 is 2.00 bits per heavy atom. The number of rotatable bonds is 4. The molecule has 0 radical (unpaired) electrons. The first-order chi connectivity index (χ1) is 9.66. The third-order valence-corrected chi connectivity index (χ3v) is 7.03. The number of carbonyl (C=O) groups is 1. The topological polar surface area (TPSA) is 116 Å². The number of nitrogens with one attached hydrogen (secondary N) is 2. The molecule has 0 aliphatic heterocycles. The van der Waals surface area contributed by atoms with Crippen LogP contribution in [0.4, 0.5) is 0 Å². The molecule has 0 unspecified atom stereocenters. The van der Waals surface area contributed by atoms with Gasteiger partial charge in [0.25, 0.3) is 10.0 Å².